The number of carbonyl (C=O) groups is 2. The van der Waals surface area contributed by atoms with E-state index in [1.54, 1.807) is 37.4 Å². The lowest BCUT2D eigenvalue weighted by Gasteiger charge is -2.18. The average molecular weight is 426 g/mol. The highest BCUT2D eigenvalue weighted by Gasteiger charge is 2.13. The number of anilines is 1. The van der Waals surface area contributed by atoms with Crippen LogP contribution >= 0.6 is 0 Å². The summed E-state index contributed by atoms with van der Waals surface area (Å²) in [5.41, 5.74) is 0.978. The Morgan fingerprint density at radius 3 is 2.06 bits per heavy atom. The summed E-state index contributed by atoms with van der Waals surface area (Å²) in [5.74, 6) is -0.869. The Labute approximate surface area is 186 Å². The second-order valence-corrected chi connectivity index (χ2v) is 8.04. The van der Waals surface area contributed by atoms with Gasteiger partial charge in [-0.05, 0) is 44.0 Å². The van der Waals surface area contributed by atoms with Crippen molar-refractivity contribution in [3.8, 4) is 6.07 Å². The minimum atomic E-state index is -0.466. The Balaban J connectivity index is 1.92. The molecule has 1 aromatic carbocycles. The van der Waals surface area contributed by atoms with Gasteiger partial charge in [0.05, 0.1) is 12.2 Å². The quantitative estimate of drug-likeness (QED) is 0.358. The van der Waals surface area contributed by atoms with Crippen LogP contribution in [-0.4, -0.2) is 24.5 Å². The summed E-state index contributed by atoms with van der Waals surface area (Å²) in [6.45, 7) is 2.06. The summed E-state index contributed by atoms with van der Waals surface area (Å²) < 4.78 is 4.95. The molecule has 0 spiro atoms. The zero-order valence-corrected chi connectivity index (χ0v) is 18.6. The summed E-state index contributed by atoms with van der Waals surface area (Å²) in [7, 11) is 0. The number of hydrogen-bond donors (Lipinski definition) is 2. The first-order valence-corrected chi connectivity index (χ1v) is 11.6. The van der Waals surface area contributed by atoms with E-state index in [1.807, 2.05) is 6.07 Å². The van der Waals surface area contributed by atoms with Crippen LogP contribution in [0.15, 0.2) is 36.0 Å². The number of amides is 1. The number of rotatable bonds is 6. The van der Waals surface area contributed by atoms with Gasteiger partial charge in [0.2, 0.25) is 0 Å². The second kappa shape index (κ2) is 14.2. The first kappa shape index (κ1) is 24.5. The molecule has 168 valence electrons. The van der Waals surface area contributed by atoms with E-state index in [-0.39, 0.29) is 5.57 Å². The lowest BCUT2D eigenvalue weighted by molar-refractivity contribution is -0.112. The third kappa shape index (κ3) is 9.25. The molecule has 1 fully saturated rings. The van der Waals surface area contributed by atoms with Crippen LogP contribution < -0.4 is 10.6 Å². The third-order valence-electron chi connectivity index (χ3n) is 5.59. The van der Waals surface area contributed by atoms with Crippen LogP contribution in [0, 0.1) is 11.3 Å². The molecule has 0 unspecified atom stereocenters. The summed E-state index contributed by atoms with van der Waals surface area (Å²) in [4.78, 5) is 24.2. The Kier molecular flexibility index (Phi) is 11.2. The van der Waals surface area contributed by atoms with Crippen molar-refractivity contribution < 1.29 is 14.3 Å². The van der Waals surface area contributed by atoms with Gasteiger partial charge in [0.15, 0.2) is 0 Å². The van der Waals surface area contributed by atoms with Crippen molar-refractivity contribution in [1.82, 2.24) is 5.32 Å². The van der Waals surface area contributed by atoms with Crippen LogP contribution in [0.1, 0.15) is 87.9 Å². The molecule has 1 aliphatic carbocycles. The minimum Gasteiger partial charge on any atom is -0.462 e. The van der Waals surface area contributed by atoms with Crippen molar-refractivity contribution in [2.75, 3.05) is 11.9 Å². The van der Waals surface area contributed by atoms with Crippen molar-refractivity contribution in [3.05, 3.63) is 41.6 Å². The molecule has 0 heterocycles. The number of esters is 1. The van der Waals surface area contributed by atoms with E-state index < -0.39 is 11.9 Å². The fourth-order valence-corrected chi connectivity index (χ4v) is 3.78. The lowest BCUT2D eigenvalue weighted by atomic mass is 9.98. The van der Waals surface area contributed by atoms with Gasteiger partial charge in [-0.1, -0.05) is 57.8 Å². The monoisotopic (exact) mass is 425 g/mol. The smallest absolute Gasteiger partial charge is 0.338 e. The van der Waals surface area contributed by atoms with Crippen LogP contribution in [0.5, 0.6) is 0 Å². The van der Waals surface area contributed by atoms with Crippen LogP contribution in [0.2, 0.25) is 0 Å². The van der Waals surface area contributed by atoms with Crippen molar-refractivity contribution in [2.45, 2.75) is 83.6 Å². The first-order chi connectivity index (χ1) is 15.1. The van der Waals surface area contributed by atoms with Crippen LogP contribution in [0.4, 0.5) is 5.69 Å². The minimum absolute atomic E-state index is 0.0422. The Bertz CT molecular complexity index is 753. The third-order valence-corrected chi connectivity index (χ3v) is 5.59. The molecule has 6 nitrogen and oxygen atoms in total. The first-order valence-electron chi connectivity index (χ1n) is 11.6. The van der Waals surface area contributed by atoms with Gasteiger partial charge in [0, 0.05) is 17.9 Å². The van der Waals surface area contributed by atoms with Gasteiger partial charge in [-0.2, -0.15) is 5.26 Å². The largest absolute Gasteiger partial charge is 0.462 e. The molecule has 0 aromatic heterocycles. The number of ether oxygens (including phenoxy) is 1. The molecule has 0 atom stereocenters. The van der Waals surface area contributed by atoms with Crippen LogP contribution in [0.3, 0.4) is 0 Å². The maximum absolute atomic E-state index is 12.5. The lowest BCUT2D eigenvalue weighted by Crippen LogP contribution is -2.26. The maximum atomic E-state index is 12.5. The van der Waals surface area contributed by atoms with Crippen molar-refractivity contribution in [1.29, 1.82) is 5.26 Å². The fraction of sp³-hybridized carbons (Fsp3) is 0.560. The van der Waals surface area contributed by atoms with Crippen molar-refractivity contribution in [2.24, 2.45) is 0 Å². The van der Waals surface area contributed by atoms with Crippen molar-refractivity contribution >= 4 is 17.6 Å². The molecule has 6 heteroatoms. The maximum Gasteiger partial charge on any atom is 0.338 e. The number of nitrogens with zero attached hydrogens (tertiary/aromatic N) is 1. The summed E-state index contributed by atoms with van der Waals surface area (Å²) >= 11 is 0. The Morgan fingerprint density at radius 1 is 1.00 bits per heavy atom. The van der Waals surface area contributed by atoms with Gasteiger partial charge in [-0.3, -0.25) is 4.79 Å². The van der Waals surface area contributed by atoms with Crippen LogP contribution in [0.25, 0.3) is 0 Å². The van der Waals surface area contributed by atoms with Gasteiger partial charge < -0.3 is 15.4 Å². The Morgan fingerprint density at radius 2 is 1.55 bits per heavy atom. The summed E-state index contributed by atoms with van der Waals surface area (Å²) in [5, 5.41) is 15.5. The van der Waals surface area contributed by atoms with Gasteiger partial charge in [0.25, 0.3) is 5.91 Å². The van der Waals surface area contributed by atoms with E-state index in [0.717, 1.165) is 12.8 Å². The highest BCUT2D eigenvalue weighted by Crippen LogP contribution is 2.17. The zero-order chi connectivity index (χ0) is 22.3. The molecular formula is C25H35N3O3. The van der Waals surface area contributed by atoms with E-state index in [1.165, 1.54) is 57.8 Å². The highest BCUT2D eigenvalue weighted by atomic mass is 16.5. The number of benzene rings is 1. The molecule has 0 radical (unpaired) electrons. The average Bonchev–Trinajstić information content (AvgIpc) is 2.76. The zero-order valence-electron chi connectivity index (χ0n) is 18.6. The SMILES string of the molecule is CCOC(=O)c1ccc(NC(=O)/C(C#N)=C\NC2CCCCCCCCCCC2)cc1. The second-order valence-electron chi connectivity index (χ2n) is 8.04. The normalized spacial score (nSPS) is 16.8. The van der Waals surface area contributed by atoms with Crippen LogP contribution in [-0.2, 0) is 9.53 Å². The standard InChI is InChI=1S/C25H35N3O3/c1-2-31-25(30)20-14-16-23(17-15-20)28-24(29)21(18-26)19-27-22-12-10-8-6-4-3-5-7-9-11-13-22/h14-17,19,22,27H,2-13H2,1H3,(H,28,29)/b21-19-. The molecule has 31 heavy (non-hydrogen) atoms. The number of nitriles is 1. The van der Waals surface area contributed by atoms with Gasteiger partial charge in [-0.25, -0.2) is 4.79 Å². The predicted octanol–water partition coefficient (Wildman–Crippen LogP) is 5.47. The van der Waals surface area contributed by atoms with E-state index in [2.05, 4.69) is 10.6 Å². The van der Waals surface area contributed by atoms with E-state index in [9.17, 15) is 14.9 Å². The fourth-order valence-electron chi connectivity index (χ4n) is 3.78. The predicted molar refractivity (Wildman–Crippen MR) is 122 cm³/mol. The molecular weight excluding hydrogens is 390 g/mol. The van der Waals surface area contributed by atoms with E-state index >= 15 is 0 Å². The highest BCUT2D eigenvalue weighted by molar-refractivity contribution is 6.06. The van der Waals surface area contributed by atoms with E-state index in [0.29, 0.717) is 23.9 Å². The Hall–Kier alpha value is -2.81. The molecule has 0 bridgehead atoms. The van der Waals surface area contributed by atoms with Gasteiger partial charge in [0.1, 0.15) is 11.6 Å². The summed E-state index contributed by atoms with van der Waals surface area (Å²) in [6.07, 6.45) is 15.1. The topological polar surface area (TPSA) is 91.2 Å². The number of hydrogen-bond acceptors (Lipinski definition) is 5. The van der Waals surface area contributed by atoms with Gasteiger partial charge >= 0.3 is 5.97 Å². The molecule has 0 aliphatic heterocycles. The molecule has 2 N–H and O–H groups in total. The molecule has 1 aromatic rings. The molecule has 0 saturated heterocycles. The van der Waals surface area contributed by atoms with Gasteiger partial charge in [-0.15, -0.1) is 0 Å². The molecule has 1 amide bonds. The number of nitrogens with one attached hydrogen (secondary N) is 2. The summed E-state index contributed by atoms with van der Waals surface area (Å²) in [6, 6.07) is 8.71. The molecule has 2 rings (SSSR count). The molecule has 1 saturated carbocycles. The molecule has 1 aliphatic rings. The van der Waals surface area contributed by atoms with Crippen molar-refractivity contribution in [3.63, 3.8) is 0 Å². The number of carbonyl (C=O) groups excluding carboxylic acids is 2. The van der Waals surface area contributed by atoms with E-state index in [4.69, 9.17) is 4.74 Å².